The van der Waals surface area contributed by atoms with E-state index in [9.17, 15) is 4.79 Å². The van der Waals surface area contributed by atoms with E-state index in [-0.39, 0.29) is 11.9 Å². The molecule has 2 rings (SSSR count). The van der Waals surface area contributed by atoms with Crippen LogP contribution in [-0.2, 0) is 4.79 Å². The molecule has 0 radical (unpaired) electrons. The van der Waals surface area contributed by atoms with Crippen molar-refractivity contribution in [3.05, 3.63) is 64.7 Å². The molecule has 0 saturated heterocycles. The summed E-state index contributed by atoms with van der Waals surface area (Å²) < 4.78 is 6.03. The Kier molecular flexibility index (Phi) is 6.63. The quantitative estimate of drug-likeness (QED) is 0.768. The van der Waals surface area contributed by atoms with Crippen LogP contribution in [0.25, 0.3) is 0 Å². The van der Waals surface area contributed by atoms with Crippen molar-refractivity contribution in [3.63, 3.8) is 0 Å². The molecule has 0 bridgehead atoms. The van der Waals surface area contributed by atoms with E-state index in [1.165, 1.54) is 11.1 Å². The van der Waals surface area contributed by atoms with Crippen molar-refractivity contribution in [2.45, 2.75) is 59.6 Å². The molecule has 3 heteroatoms. The number of hydrogen-bond donors (Lipinski definition) is 1. The van der Waals surface area contributed by atoms with Crippen molar-refractivity contribution in [1.82, 2.24) is 5.32 Å². The number of ether oxygens (including phenoxy) is 1. The third-order valence-electron chi connectivity index (χ3n) is 4.69. The second-order valence-corrected chi connectivity index (χ2v) is 6.59. The molecular formula is C22H29NO2. The molecular weight excluding hydrogens is 310 g/mol. The van der Waals surface area contributed by atoms with Crippen molar-refractivity contribution >= 4 is 5.91 Å². The molecule has 2 aromatic rings. The van der Waals surface area contributed by atoms with E-state index >= 15 is 0 Å². The van der Waals surface area contributed by atoms with Gasteiger partial charge in [0.2, 0.25) is 0 Å². The van der Waals surface area contributed by atoms with Crippen molar-refractivity contribution < 1.29 is 9.53 Å². The minimum absolute atomic E-state index is 0.00403. The fourth-order valence-corrected chi connectivity index (χ4v) is 2.81. The van der Waals surface area contributed by atoms with Gasteiger partial charge in [0.05, 0.1) is 6.04 Å². The van der Waals surface area contributed by atoms with Gasteiger partial charge in [-0.3, -0.25) is 4.79 Å². The summed E-state index contributed by atoms with van der Waals surface area (Å²) >= 11 is 0. The molecule has 25 heavy (non-hydrogen) atoms. The predicted molar refractivity (Wildman–Crippen MR) is 103 cm³/mol. The predicted octanol–water partition coefficient (Wildman–Crippen LogP) is 5.04. The standard InChI is InChI=1S/C22H29NO2/c1-6-19(18-13-11-15(3)12-14-18)23-22(24)20(7-2)25-21-10-8-9-16(4)17(21)5/h8-14,19-20H,6-7H2,1-5H3,(H,23,24)/t19-,20+/m0/s1. The maximum Gasteiger partial charge on any atom is 0.261 e. The van der Waals surface area contributed by atoms with Crippen molar-refractivity contribution in [2.75, 3.05) is 0 Å². The molecule has 1 amide bonds. The van der Waals surface area contributed by atoms with Crippen LogP contribution in [0, 0.1) is 20.8 Å². The molecule has 3 nitrogen and oxygen atoms in total. The molecule has 0 fully saturated rings. The zero-order valence-electron chi connectivity index (χ0n) is 15.9. The fourth-order valence-electron chi connectivity index (χ4n) is 2.81. The zero-order chi connectivity index (χ0) is 18.4. The molecule has 0 spiro atoms. The summed E-state index contributed by atoms with van der Waals surface area (Å²) in [7, 11) is 0. The molecule has 0 heterocycles. The van der Waals surface area contributed by atoms with Crippen molar-refractivity contribution in [3.8, 4) is 5.75 Å². The van der Waals surface area contributed by atoms with E-state index in [0.717, 1.165) is 23.3 Å². The van der Waals surface area contributed by atoms with Gasteiger partial charge in [-0.1, -0.05) is 55.8 Å². The number of carbonyl (C=O) groups excluding carboxylic acids is 1. The van der Waals surface area contributed by atoms with Gasteiger partial charge >= 0.3 is 0 Å². The molecule has 1 N–H and O–H groups in total. The number of nitrogens with one attached hydrogen (secondary N) is 1. The van der Waals surface area contributed by atoms with E-state index in [4.69, 9.17) is 4.74 Å². The molecule has 2 aromatic carbocycles. The largest absolute Gasteiger partial charge is 0.480 e. The second-order valence-electron chi connectivity index (χ2n) is 6.59. The normalized spacial score (nSPS) is 13.2. The summed E-state index contributed by atoms with van der Waals surface area (Å²) in [4.78, 5) is 12.7. The first-order valence-electron chi connectivity index (χ1n) is 9.06. The van der Waals surface area contributed by atoms with Crippen molar-refractivity contribution in [1.29, 1.82) is 0 Å². The summed E-state index contributed by atoms with van der Waals surface area (Å²) in [5.41, 5.74) is 4.59. The van der Waals surface area contributed by atoms with Crippen LogP contribution in [0.2, 0.25) is 0 Å². The second kappa shape index (κ2) is 8.70. The molecule has 0 aliphatic carbocycles. The van der Waals surface area contributed by atoms with Gasteiger partial charge in [0.25, 0.3) is 5.91 Å². The van der Waals surface area contributed by atoms with E-state index in [2.05, 4.69) is 43.4 Å². The zero-order valence-corrected chi connectivity index (χ0v) is 15.9. The molecule has 0 aromatic heterocycles. The van der Waals surface area contributed by atoms with Crippen LogP contribution >= 0.6 is 0 Å². The van der Waals surface area contributed by atoms with Crippen molar-refractivity contribution in [2.24, 2.45) is 0 Å². The van der Waals surface area contributed by atoms with Crippen LogP contribution in [-0.4, -0.2) is 12.0 Å². The minimum atomic E-state index is -0.486. The lowest BCUT2D eigenvalue weighted by Gasteiger charge is -2.23. The summed E-state index contributed by atoms with van der Waals surface area (Å²) in [5.74, 6) is 0.723. The SMILES string of the molecule is CC[C@H](NC(=O)[C@@H](CC)Oc1cccc(C)c1C)c1ccc(C)cc1. The summed E-state index contributed by atoms with van der Waals surface area (Å²) in [6.07, 6.45) is 0.984. The molecule has 0 unspecified atom stereocenters. The lowest BCUT2D eigenvalue weighted by Crippen LogP contribution is -2.40. The van der Waals surface area contributed by atoms with Crippen LogP contribution in [0.3, 0.4) is 0 Å². The van der Waals surface area contributed by atoms with E-state index in [1.807, 2.05) is 39.0 Å². The highest BCUT2D eigenvalue weighted by molar-refractivity contribution is 5.81. The van der Waals surface area contributed by atoms with E-state index < -0.39 is 6.10 Å². The van der Waals surface area contributed by atoms with Gasteiger partial charge in [-0.2, -0.15) is 0 Å². The highest BCUT2D eigenvalue weighted by Gasteiger charge is 2.22. The Hall–Kier alpha value is -2.29. The highest BCUT2D eigenvalue weighted by Crippen LogP contribution is 2.23. The number of carbonyl (C=O) groups is 1. The van der Waals surface area contributed by atoms with Crippen LogP contribution < -0.4 is 10.1 Å². The summed E-state index contributed by atoms with van der Waals surface area (Å²) in [6.45, 7) is 10.2. The van der Waals surface area contributed by atoms with Gasteiger partial charge in [-0.25, -0.2) is 0 Å². The lowest BCUT2D eigenvalue weighted by molar-refractivity contribution is -0.129. The van der Waals surface area contributed by atoms with Crippen LogP contribution in [0.1, 0.15) is 55.0 Å². The third-order valence-corrected chi connectivity index (χ3v) is 4.69. The Morgan fingerprint density at radius 2 is 1.68 bits per heavy atom. The Balaban J connectivity index is 2.10. The van der Waals surface area contributed by atoms with Gasteiger partial charge in [0, 0.05) is 0 Å². The van der Waals surface area contributed by atoms with Gasteiger partial charge in [-0.15, -0.1) is 0 Å². The average molecular weight is 339 g/mol. The number of rotatable bonds is 7. The molecule has 0 aliphatic heterocycles. The smallest absolute Gasteiger partial charge is 0.261 e. The third kappa shape index (κ3) is 4.85. The first-order chi connectivity index (χ1) is 12.0. The fraction of sp³-hybridized carbons (Fsp3) is 0.409. The van der Waals surface area contributed by atoms with E-state index in [0.29, 0.717) is 6.42 Å². The van der Waals surface area contributed by atoms with E-state index in [1.54, 1.807) is 0 Å². The highest BCUT2D eigenvalue weighted by atomic mass is 16.5. The Morgan fingerprint density at radius 1 is 1.00 bits per heavy atom. The van der Waals surface area contributed by atoms with Gasteiger partial charge in [-0.05, 0) is 56.4 Å². The molecule has 134 valence electrons. The minimum Gasteiger partial charge on any atom is -0.480 e. The monoisotopic (exact) mass is 339 g/mol. The topological polar surface area (TPSA) is 38.3 Å². The number of benzene rings is 2. The van der Waals surface area contributed by atoms with Crippen LogP contribution in [0.5, 0.6) is 5.75 Å². The Labute approximate surface area is 151 Å². The molecule has 0 aliphatic rings. The van der Waals surface area contributed by atoms with Gasteiger partial charge < -0.3 is 10.1 Å². The summed E-state index contributed by atoms with van der Waals surface area (Å²) in [6, 6.07) is 14.3. The molecule has 0 saturated carbocycles. The first-order valence-corrected chi connectivity index (χ1v) is 9.06. The maximum absolute atomic E-state index is 12.7. The Morgan fingerprint density at radius 3 is 2.28 bits per heavy atom. The average Bonchev–Trinajstić information content (AvgIpc) is 2.61. The lowest BCUT2D eigenvalue weighted by atomic mass is 10.0. The van der Waals surface area contributed by atoms with Gasteiger partial charge in [0.15, 0.2) is 6.10 Å². The number of amides is 1. The van der Waals surface area contributed by atoms with Crippen LogP contribution in [0.15, 0.2) is 42.5 Å². The number of aryl methyl sites for hydroxylation is 2. The maximum atomic E-state index is 12.7. The summed E-state index contributed by atoms with van der Waals surface area (Å²) in [5, 5.41) is 3.14. The molecule has 2 atom stereocenters. The van der Waals surface area contributed by atoms with Crippen LogP contribution in [0.4, 0.5) is 0 Å². The van der Waals surface area contributed by atoms with Gasteiger partial charge in [0.1, 0.15) is 5.75 Å². The Bertz CT molecular complexity index is 706. The number of hydrogen-bond acceptors (Lipinski definition) is 2. The first kappa shape index (κ1) is 19.0.